The van der Waals surface area contributed by atoms with Crippen molar-refractivity contribution in [1.82, 2.24) is 4.57 Å². The topological polar surface area (TPSA) is 81.3 Å². The summed E-state index contributed by atoms with van der Waals surface area (Å²) in [6, 6.07) is 7.66. The summed E-state index contributed by atoms with van der Waals surface area (Å²) in [5, 5.41) is 9.04. The van der Waals surface area contributed by atoms with Gasteiger partial charge in [0.1, 0.15) is 6.54 Å². The second kappa shape index (κ2) is 7.99. The van der Waals surface area contributed by atoms with E-state index >= 15 is 0 Å². The molecule has 0 aliphatic heterocycles. The average molecular weight is 412 g/mol. The van der Waals surface area contributed by atoms with Crippen molar-refractivity contribution < 1.29 is 14.3 Å². The minimum Gasteiger partial charge on any atom is -0.490 e. The lowest BCUT2D eigenvalue weighted by Gasteiger charge is -2.13. The van der Waals surface area contributed by atoms with Gasteiger partial charge in [0.05, 0.1) is 23.3 Å². The molecule has 0 bridgehead atoms. The highest BCUT2D eigenvalue weighted by Gasteiger charge is 2.17. The van der Waals surface area contributed by atoms with Crippen LogP contribution in [-0.4, -0.2) is 17.1 Å². The van der Waals surface area contributed by atoms with Gasteiger partial charge in [-0.25, -0.2) is 4.79 Å². The van der Waals surface area contributed by atoms with Gasteiger partial charge in [0.2, 0.25) is 0 Å². The van der Waals surface area contributed by atoms with E-state index in [1.807, 2.05) is 6.07 Å². The van der Waals surface area contributed by atoms with Crippen LogP contribution in [0.4, 0.5) is 0 Å². The summed E-state index contributed by atoms with van der Waals surface area (Å²) >= 11 is 9.30. The number of carbonyl (C=O) groups is 1. The first-order valence-electron chi connectivity index (χ1n) is 6.87. The molecule has 1 aromatic carbocycles. The minimum atomic E-state index is -0.692. The summed E-state index contributed by atoms with van der Waals surface area (Å²) in [5.74, 6) is -0.482. The molecule has 0 saturated heterocycles. The molecule has 0 fully saturated rings. The molecule has 0 atom stereocenters. The standard InChI is InChI=1S/C16H12BrClN2O4/c1-2-23-13-6-10(7-19)5-12(18)16(13)24-15(22)9-20-8-11(17)3-4-14(20)21/h3-6,8H,2,9H2,1H3. The maximum absolute atomic E-state index is 12.1. The summed E-state index contributed by atoms with van der Waals surface area (Å²) in [6.45, 7) is 1.76. The highest BCUT2D eigenvalue weighted by Crippen LogP contribution is 2.36. The zero-order chi connectivity index (χ0) is 17.7. The van der Waals surface area contributed by atoms with E-state index < -0.39 is 5.97 Å². The Bertz CT molecular complexity index is 873. The third kappa shape index (κ3) is 4.37. The molecule has 0 aliphatic carbocycles. The van der Waals surface area contributed by atoms with Gasteiger partial charge in [-0.2, -0.15) is 5.26 Å². The Morgan fingerprint density at radius 1 is 1.42 bits per heavy atom. The molecule has 0 spiro atoms. The maximum atomic E-state index is 12.1. The molecule has 1 aromatic heterocycles. The summed E-state index contributed by atoms with van der Waals surface area (Å²) in [4.78, 5) is 23.9. The average Bonchev–Trinajstić information content (AvgIpc) is 2.54. The van der Waals surface area contributed by atoms with Gasteiger partial charge >= 0.3 is 5.97 Å². The van der Waals surface area contributed by atoms with Crippen molar-refractivity contribution in [3.8, 4) is 17.6 Å². The lowest BCUT2D eigenvalue weighted by Crippen LogP contribution is -2.25. The zero-order valence-corrected chi connectivity index (χ0v) is 14.9. The monoisotopic (exact) mass is 410 g/mol. The van der Waals surface area contributed by atoms with E-state index in [1.165, 1.54) is 29.0 Å². The zero-order valence-electron chi connectivity index (χ0n) is 12.6. The molecule has 0 unspecified atom stereocenters. The van der Waals surface area contributed by atoms with E-state index in [0.29, 0.717) is 11.1 Å². The highest BCUT2D eigenvalue weighted by molar-refractivity contribution is 9.10. The van der Waals surface area contributed by atoms with Crippen molar-refractivity contribution in [2.75, 3.05) is 6.61 Å². The van der Waals surface area contributed by atoms with Crippen molar-refractivity contribution in [2.45, 2.75) is 13.5 Å². The first-order chi connectivity index (χ1) is 11.4. The highest BCUT2D eigenvalue weighted by atomic mass is 79.9. The number of halogens is 2. The van der Waals surface area contributed by atoms with Crippen LogP contribution in [0.1, 0.15) is 12.5 Å². The smallest absolute Gasteiger partial charge is 0.331 e. The van der Waals surface area contributed by atoms with E-state index in [-0.39, 0.29) is 34.2 Å². The van der Waals surface area contributed by atoms with E-state index in [4.69, 9.17) is 26.3 Å². The van der Waals surface area contributed by atoms with Crippen molar-refractivity contribution in [3.05, 3.63) is 55.9 Å². The number of hydrogen-bond donors (Lipinski definition) is 0. The van der Waals surface area contributed by atoms with Gasteiger partial charge in [-0.3, -0.25) is 4.79 Å². The van der Waals surface area contributed by atoms with Crippen LogP contribution in [0.5, 0.6) is 11.5 Å². The fourth-order valence-electron chi connectivity index (χ4n) is 1.91. The van der Waals surface area contributed by atoms with Gasteiger partial charge in [-0.15, -0.1) is 0 Å². The van der Waals surface area contributed by atoms with E-state index in [2.05, 4.69) is 15.9 Å². The summed E-state index contributed by atoms with van der Waals surface area (Å²) in [5.41, 5.74) is -0.0578. The van der Waals surface area contributed by atoms with Crippen LogP contribution in [0, 0.1) is 11.3 Å². The number of pyridine rings is 1. The number of aromatic nitrogens is 1. The normalized spacial score (nSPS) is 10.1. The quantitative estimate of drug-likeness (QED) is 0.558. The predicted octanol–water partition coefficient (Wildman–Crippen LogP) is 3.14. The van der Waals surface area contributed by atoms with E-state index in [1.54, 1.807) is 13.0 Å². The molecule has 2 rings (SSSR count). The first kappa shape index (κ1) is 18.0. The van der Waals surface area contributed by atoms with Crippen LogP contribution in [0.25, 0.3) is 0 Å². The first-order valence-corrected chi connectivity index (χ1v) is 8.04. The Balaban J connectivity index is 2.27. The number of rotatable bonds is 5. The van der Waals surface area contributed by atoms with Crippen molar-refractivity contribution in [2.24, 2.45) is 0 Å². The molecule has 6 nitrogen and oxygen atoms in total. The molecule has 0 radical (unpaired) electrons. The van der Waals surface area contributed by atoms with Crippen LogP contribution < -0.4 is 15.0 Å². The second-order valence-electron chi connectivity index (χ2n) is 4.62. The second-order valence-corrected chi connectivity index (χ2v) is 5.94. The van der Waals surface area contributed by atoms with Gasteiger partial charge in [0.25, 0.3) is 5.56 Å². The van der Waals surface area contributed by atoms with Gasteiger partial charge < -0.3 is 14.0 Å². The predicted molar refractivity (Wildman–Crippen MR) is 91.4 cm³/mol. The summed E-state index contributed by atoms with van der Waals surface area (Å²) < 4.78 is 12.5. The molecule has 1 heterocycles. The SMILES string of the molecule is CCOc1cc(C#N)cc(Cl)c1OC(=O)Cn1cc(Br)ccc1=O. The molecule has 8 heteroatoms. The molecule has 124 valence electrons. The number of esters is 1. The number of carbonyl (C=O) groups excluding carboxylic acids is 1. The molecular weight excluding hydrogens is 400 g/mol. The van der Waals surface area contributed by atoms with Crippen LogP contribution in [0.15, 0.2) is 39.7 Å². The summed E-state index contributed by atoms with van der Waals surface area (Å²) in [6.07, 6.45) is 1.48. The van der Waals surface area contributed by atoms with Crippen LogP contribution >= 0.6 is 27.5 Å². The summed E-state index contributed by atoms with van der Waals surface area (Å²) in [7, 11) is 0. The minimum absolute atomic E-state index is 0.0190. The number of ether oxygens (including phenoxy) is 2. The van der Waals surface area contributed by atoms with Gasteiger partial charge in [-0.1, -0.05) is 11.6 Å². The van der Waals surface area contributed by atoms with Gasteiger partial charge in [-0.05, 0) is 35.0 Å². The molecule has 0 amide bonds. The van der Waals surface area contributed by atoms with E-state index in [0.717, 1.165) is 0 Å². The lowest BCUT2D eigenvalue weighted by molar-refractivity contribution is -0.135. The Kier molecular flexibility index (Phi) is 6.01. The van der Waals surface area contributed by atoms with Crippen LogP contribution in [-0.2, 0) is 11.3 Å². The van der Waals surface area contributed by atoms with Crippen molar-refractivity contribution in [1.29, 1.82) is 5.26 Å². The largest absolute Gasteiger partial charge is 0.490 e. The molecule has 24 heavy (non-hydrogen) atoms. The van der Waals surface area contributed by atoms with Crippen LogP contribution in [0.2, 0.25) is 5.02 Å². The lowest BCUT2D eigenvalue weighted by atomic mass is 10.2. The molecule has 0 aliphatic rings. The van der Waals surface area contributed by atoms with Gasteiger partial charge in [0, 0.05) is 22.8 Å². The fourth-order valence-corrected chi connectivity index (χ4v) is 2.53. The molecular formula is C16H12BrClN2O4. The third-order valence-corrected chi connectivity index (χ3v) is 3.65. The maximum Gasteiger partial charge on any atom is 0.331 e. The number of benzene rings is 1. The Morgan fingerprint density at radius 2 is 2.17 bits per heavy atom. The molecule has 2 aromatic rings. The van der Waals surface area contributed by atoms with Crippen molar-refractivity contribution in [3.63, 3.8) is 0 Å². The molecule has 0 saturated carbocycles. The Morgan fingerprint density at radius 3 is 2.83 bits per heavy atom. The number of nitriles is 1. The fraction of sp³-hybridized carbons (Fsp3) is 0.188. The third-order valence-electron chi connectivity index (χ3n) is 2.90. The molecule has 0 N–H and O–H groups in total. The number of hydrogen-bond acceptors (Lipinski definition) is 5. The Labute approximate surface area is 151 Å². The van der Waals surface area contributed by atoms with Gasteiger partial charge in [0.15, 0.2) is 11.5 Å². The van der Waals surface area contributed by atoms with E-state index in [9.17, 15) is 9.59 Å². The van der Waals surface area contributed by atoms with Crippen molar-refractivity contribution >= 4 is 33.5 Å². The Hall–Kier alpha value is -2.30. The van der Waals surface area contributed by atoms with Crippen LogP contribution in [0.3, 0.4) is 0 Å². The number of nitrogens with zero attached hydrogens (tertiary/aromatic N) is 2.